The van der Waals surface area contributed by atoms with Crippen molar-refractivity contribution in [3.63, 3.8) is 0 Å². The van der Waals surface area contributed by atoms with E-state index in [1.165, 1.54) is 6.20 Å². The van der Waals surface area contributed by atoms with Crippen molar-refractivity contribution in [2.75, 3.05) is 25.0 Å². The maximum Gasteiger partial charge on any atom is 0.260 e. The van der Waals surface area contributed by atoms with Gasteiger partial charge in [0.2, 0.25) is 5.91 Å². The lowest BCUT2D eigenvalue weighted by Crippen LogP contribution is -2.31. The van der Waals surface area contributed by atoms with Gasteiger partial charge >= 0.3 is 0 Å². The Morgan fingerprint density at radius 1 is 1.29 bits per heavy atom. The second kappa shape index (κ2) is 8.58. The van der Waals surface area contributed by atoms with Gasteiger partial charge in [-0.15, -0.1) is 0 Å². The fourth-order valence-corrected chi connectivity index (χ4v) is 2.79. The highest BCUT2D eigenvalue weighted by Gasteiger charge is 2.19. The van der Waals surface area contributed by atoms with Gasteiger partial charge in [0.1, 0.15) is 0 Å². The summed E-state index contributed by atoms with van der Waals surface area (Å²) in [5.74, 6) is -0.174. The molecule has 0 fully saturated rings. The molecule has 1 rings (SSSR count). The Labute approximate surface area is 125 Å². The highest BCUT2D eigenvalue weighted by Crippen LogP contribution is 2.17. The van der Waals surface area contributed by atoms with Crippen LogP contribution in [0.15, 0.2) is 23.4 Å². The zero-order valence-corrected chi connectivity index (χ0v) is 13.2. The first-order valence-corrected chi connectivity index (χ1v) is 8.44. The van der Waals surface area contributed by atoms with Crippen molar-refractivity contribution in [3.05, 3.63) is 18.3 Å². The third kappa shape index (κ3) is 5.68. The molecule has 0 spiro atoms. The summed E-state index contributed by atoms with van der Waals surface area (Å²) in [6, 6.07) is 3.31. The molecule has 3 N–H and O–H groups in total. The summed E-state index contributed by atoms with van der Waals surface area (Å²) in [7, 11) is -3.73. The molecule has 0 bridgehead atoms. The van der Waals surface area contributed by atoms with E-state index in [4.69, 9.17) is 0 Å². The lowest BCUT2D eigenvalue weighted by atomic mass is 10.4. The molecular formula is C13H22N4O3S. The lowest BCUT2D eigenvalue weighted by Gasteiger charge is -2.11. The van der Waals surface area contributed by atoms with Crippen LogP contribution in [0.2, 0.25) is 0 Å². The SMILES string of the molecule is CCCNC(=O)CCNS(=O)(=O)c1ncccc1NCC. The Hall–Kier alpha value is -1.67. The second-order valence-electron chi connectivity index (χ2n) is 4.38. The Morgan fingerprint density at radius 3 is 2.71 bits per heavy atom. The molecule has 0 unspecified atom stereocenters. The lowest BCUT2D eigenvalue weighted by molar-refractivity contribution is -0.120. The number of aromatic nitrogens is 1. The van der Waals surface area contributed by atoms with Gasteiger partial charge in [0.15, 0.2) is 5.03 Å². The first-order valence-electron chi connectivity index (χ1n) is 6.96. The minimum Gasteiger partial charge on any atom is -0.383 e. The molecule has 1 heterocycles. The molecule has 0 aliphatic carbocycles. The van der Waals surface area contributed by atoms with E-state index in [9.17, 15) is 13.2 Å². The number of hydrogen-bond acceptors (Lipinski definition) is 5. The van der Waals surface area contributed by atoms with Crippen LogP contribution in [0.4, 0.5) is 5.69 Å². The predicted octanol–water partition coefficient (Wildman–Crippen LogP) is 0.708. The molecule has 21 heavy (non-hydrogen) atoms. The van der Waals surface area contributed by atoms with Crippen molar-refractivity contribution in [2.45, 2.75) is 31.7 Å². The summed E-state index contributed by atoms with van der Waals surface area (Å²) in [6.07, 6.45) is 2.36. The van der Waals surface area contributed by atoms with Crippen LogP contribution < -0.4 is 15.4 Å². The van der Waals surface area contributed by atoms with Gasteiger partial charge in [0.05, 0.1) is 5.69 Å². The van der Waals surface area contributed by atoms with E-state index < -0.39 is 10.0 Å². The van der Waals surface area contributed by atoms with Gasteiger partial charge in [-0.1, -0.05) is 6.92 Å². The first kappa shape index (κ1) is 17.4. The monoisotopic (exact) mass is 314 g/mol. The molecule has 7 nitrogen and oxygen atoms in total. The molecule has 118 valence electrons. The van der Waals surface area contributed by atoms with Crippen molar-refractivity contribution >= 4 is 21.6 Å². The van der Waals surface area contributed by atoms with Crippen LogP contribution in [0.5, 0.6) is 0 Å². The Morgan fingerprint density at radius 2 is 2.05 bits per heavy atom. The Kier molecular flexibility index (Phi) is 7.10. The average molecular weight is 314 g/mol. The first-order chi connectivity index (χ1) is 10.0. The molecule has 0 atom stereocenters. The minimum atomic E-state index is -3.73. The molecule has 1 amide bonds. The largest absolute Gasteiger partial charge is 0.383 e. The molecule has 0 aromatic carbocycles. The van der Waals surface area contributed by atoms with Gasteiger partial charge in [-0.2, -0.15) is 0 Å². The summed E-state index contributed by atoms with van der Waals surface area (Å²) >= 11 is 0. The number of sulfonamides is 1. The van der Waals surface area contributed by atoms with Crippen molar-refractivity contribution in [2.24, 2.45) is 0 Å². The van der Waals surface area contributed by atoms with Crippen molar-refractivity contribution < 1.29 is 13.2 Å². The van der Waals surface area contributed by atoms with E-state index in [1.807, 2.05) is 13.8 Å². The number of carbonyl (C=O) groups excluding carboxylic acids is 1. The Bertz CT molecular complexity index is 560. The topological polar surface area (TPSA) is 100 Å². The number of nitrogens with one attached hydrogen (secondary N) is 3. The number of anilines is 1. The van der Waals surface area contributed by atoms with Crippen molar-refractivity contribution in [1.82, 2.24) is 15.0 Å². The smallest absolute Gasteiger partial charge is 0.260 e. The number of amides is 1. The number of rotatable bonds is 9. The van der Waals surface area contributed by atoms with Crippen LogP contribution in [0.3, 0.4) is 0 Å². The van der Waals surface area contributed by atoms with Crippen LogP contribution in [0, 0.1) is 0 Å². The third-order valence-corrected chi connectivity index (χ3v) is 4.03. The van der Waals surface area contributed by atoms with Crippen LogP contribution >= 0.6 is 0 Å². The molecule has 1 aromatic heterocycles. The molecule has 0 aliphatic heterocycles. The fraction of sp³-hybridized carbons (Fsp3) is 0.538. The van der Waals surface area contributed by atoms with Gasteiger partial charge in [0.25, 0.3) is 10.0 Å². The standard InChI is InChI=1S/C13H22N4O3S/c1-3-8-15-12(18)7-10-17-21(19,20)13-11(14-4-2)6-5-9-16-13/h5-6,9,14,17H,3-4,7-8,10H2,1-2H3,(H,15,18). The summed E-state index contributed by atoms with van der Waals surface area (Å²) < 4.78 is 26.7. The van der Waals surface area contributed by atoms with Gasteiger partial charge in [-0.3, -0.25) is 4.79 Å². The zero-order chi connectivity index (χ0) is 15.7. The highest BCUT2D eigenvalue weighted by atomic mass is 32.2. The molecule has 0 saturated heterocycles. The van der Waals surface area contributed by atoms with Crippen molar-refractivity contribution in [1.29, 1.82) is 0 Å². The predicted molar refractivity (Wildman–Crippen MR) is 81.5 cm³/mol. The number of hydrogen-bond donors (Lipinski definition) is 3. The maximum absolute atomic E-state index is 12.2. The summed E-state index contributed by atoms with van der Waals surface area (Å²) in [6.45, 7) is 5.05. The van der Waals surface area contributed by atoms with E-state index in [0.29, 0.717) is 18.8 Å². The number of nitrogens with zero attached hydrogens (tertiary/aromatic N) is 1. The van der Waals surface area contributed by atoms with Gasteiger partial charge < -0.3 is 10.6 Å². The molecular weight excluding hydrogens is 292 g/mol. The van der Waals surface area contributed by atoms with E-state index >= 15 is 0 Å². The van der Waals surface area contributed by atoms with Crippen LogP contribution in [0.25, 0.3) is 0 Å². The maximum atomic E-state index is 12.2. The van der Waals surface area contributed by atoms with E-state index in [-0.39, 0.29) is 23.9 Å². The number of carbonyl (C=O) groups is 1. The van der Waals surface area contributed by atoms with Gasteiger partial charge in [0, 0.05) is 32.3 Å². The Balaban J connectivity index is 2.63. The highest BCUT2D eigenvalue weighted by molar-refractivity contribution is 7.89. The fourth-order valence-electron chi connectivity index (χ4n) is 1.65. The van der Waals surface area contributed by atoms with Gasteiger partial charge in [-0.25, -0.2) is 18.1 Å². The van der Waals surface area contributed by atoms with Gasteiger partial charge in [-0.05, 0) is 25.5 Å². The van der Waals surface area contributed by atoms with E-state index in [2.05, 4.69) is 20.3 Å². The molecule has 0 radical (unpaired) electrons. The quantitative estimate of drug-likeness (QED) is 0.623. The minimum absolute atomic E-state index is 0.0417. The molecule has 0 saturated carbocycles. The van der Waals surface area contributed by atoms with Crippen LogP contribution in [-0.2, 0) is 14.8 Å². The van der Waals surface area contributed by atoms with Crippen LogP contribution in [-0.4, -0.2) is 38.9 Å². The second-order valence-corrected chi connectivity index (χ2v) is 6.07. The van der Waals surface area contributed by atoms with Crippen molar-refractivity contribution in [3.8, 4) is 0 Å². The summed E-state index contributed by atoms with van der Waals surface area (Å²) in [5, 5.41) is 5.58. The van der Waals surface area contributed by atoms with Crippen LogP contribution in [0.1, 0.15) is 26.7 Å². The summed E-state index contributed by atoms with van der Waals surface area (Å²) in [5.41, 5.74) is 0.447. The average Bonchev–Trinajstić information content (AvgIpc) is 2.45. The third-order valence-electron chi connectivity index (χ3n) is 2.61. The summed E-state index contributed by atoms with van der Waals surface area (Å²) in [4.78, 5) is 15.3. The molecule has 0 aliphatic rings. The normalized spacial score (nSPS) is 11.1. The van der Waals surface area contributed by atoms with E-state index in [1.54, 1.807) is 12.1 Å². The molecule has 8 heteroatoms. The molecule has 1 aromatic rings. The zero-order valence-electron chi connectivity index (χ0n) is 12.3. The van der Waals surface area contributed by atoms with E-state index in [0.717, 1.165) is 6.42 Å². The number of pyridine rings is 1.